The molecule has 0 aliphatic carbocycles. The maximum atomic E-state index is 9.31. The summed E-state index contributed by atoms with van der Waals surface area (Å²) in [5.74, 6) is 0. The van der Waals surface area contributed by atoms with Gasteiger partial charge in [0.25, 0.3) is 0 Å². The quantitative estimate of drug-likeness (QED) is 0.591. The standard InChI is InChI=1S/C15H31N3O2/c1-6-15(13-16,17-3)8-7-9-18(10-11-19-4)14(2)12-20-5/h14,17H,6-12H2,1-5H3. The first-order valence-electron chi connectivity index (χ1n) is 7.41. The molecule has 2 unspecified atom stereocenters. The average molecular weight is 285 g/mol. The van der Waals surface area contributed by atoms with Gasteiger partial charge in [0.15, 0.2) is 0 Å². The summed E-state index contributed by atoms with van der Waals surface area (Å²) in [6, 6.07) is 2.77. The Labute approximate surface area is 124 Å². The van der Waals surface area contributed by atoms with Crippen molar-refractivity contribution < 1.29 is 9.47 Å². The second kappa shape index (κ2) is 11.0. The fraction of sp³-hybridized carbons (Fsp3) is 0.933. The molecule has 20 heavy (non-hydrogen) atoms. The Bertz CT molecular complexity index is 275. The normalized spacial score (nSPS) is 15.8. The molecule has 0 amide bonds. The maximum Gasteiger partial charge on any atom is 0.106 e. The minimum absolute atomic E-state index is 0.364. The second-order valence-corrected chi connectivity index (χ2v) is 5.23. The zero-order valence-electron chi connectivity index (χ0n) is 13.7. The molecule has 0 saturated heterocycles. The van der Waals surface area contributed by atoms with Gasteiger partial charge in [-0.25, -0.2) is 0 Å². The van der Waals surface area contributed by atoms with Crippen LogP contribution < -0.4 is 5.32 Å². The lowest BCUT2D eigenvalue weighted by Gasteiger charge is -2.30. The number of nitrogens with one attached hydrogen (secondary N) is 1. The van der Waals surface area contributed by atoms with E-state index in [1.165, 1.54) is 0 Å². The topological polar surface area (TPSA) is 57.5 Å². The van der Waals surface area contributed by atoms with Crippen molar-refractivity contribution in [2.45, 2.75) is 44.7 Å². The van der Waals surface area contributed by atoms with Crippen molar-refractivity contribution in [3.8, 4) is 6.07 Å². The average Bonchev–Trinajstić information content (AvgIpc) is 2.47. The monoisotopic (exact) mass is 285 g/mol. The van der Waals surface area contributed by atoms with Crippen molar-refractivity contribution in [2.75, 3.05) is 47.6 Å². The van der Waals surface area contributed by atoms with Gasteiger partial charge in [0, 0.05) is 26.8 Å². The fourth-order valence-corrected chi connectivity index (χ4v) is 2.36. The summed E-state index contributed by atoms with van der Waals surface area (Å²) in [4.78, 5) is 2.36. The molecule has 0 heterocycles. The van der Waals surface area contributed by atoms with Crippen LogP contribution in [0.3, 0.4) is 0 Å². The molecule has 5 heteroatoms. The van der Waals surface area contributed by atoms with Crippen LogP contribution in [0.2, 0.25) is 0 Å². The van der Waals surface area contributed by atoms with Gasteiger partial charge in [0.2, 0.25) is 0 Å². The van der Waals surface area contributed by atoms with E-state index < -0.39 is 5.54 Å². The third-order valence-electron chi connectivity index (χ3n) is 3.96. The summed E-state index contributed by atoms with van der Waals surface area (Å²) < 4.78 is 10.4. The Hall–Kier alpha value is -0.670. The molecule has 0 aromatic carbocycles. The maximum absolute atomic E-state index is 9.31. The molecular weight excluding hydrogens is 254 g/mol. The Morgan fingerprint density at radius 1 is 1.30 bits per heavy atom. The molecule has 0 aromatic heterocycles. The Balaban J connectivity index is 4.34. The Morgan fingerprint density at radius 2 is 2.00 bits per heavy atom. The molecule has 5 nitrogen and oxygen atoms in total. The van der Waals surface area contributed by atoms with Gasteiger partial charge >= 0.3 is 0 Å². The van der Waals surface area contributed by atoms with Gasteiger partial charge in [-0.1, -0.05) is 6.92 Å². The number of methoxy groups -OCH3 is 2. The van der Waals surface area contributed by atoms with Crippen LogP contribution in [0.15, 0.2) is 0 Å². The first-order valence-corrected chi connectivity index (χ1v) is 7.41. The molecule has 118 valence electrons. The van der Waals surface area contributed by atoms with Crippen LogP contribution in [0.25, 0.3) is 0 Å². The molecule has 0 radical (unpaired) electrons. The minimum Gasteiger partial charge on any atom is -0.383 e. The molecule has 0 spiro atoms. The van der Waals surface area contributed by atoms with Gasteiger partial charge in [-0.3, -0.25) is 4.90 Å². The summed E-state index contributed by atoms with van der Waals surface area (Å²) in [5, 5.41) is 12.5. The zero-order chi connectivity index (χ0) is 15.4. The molecule has 0 saturated carbocycles. The highest BCUT2D eigenvalue weighted by Gasteiger charge is 2.25. The van der Waals surface area contributed by atoms with Crippen LogP contribution >= 0.6 is 0 Å². The van der Waals surface area contributed by atoms with Gasteiger partial charge in [0.05, 0.1) is 19.3 Å². The van der Waals surface area contributed by atoms with Crippen LogP contribution in [0, 0.1) is 11.3 Å². The Kier molecular flexibility index (Phi) is 10.7. The molecule has 2 atom stereocenters. The molecule has 0 bridgehead atoms. The Morgan fingerprint density at radius 3 is 2.45 bits per heavy atom. The largest absolute Gasteiger partial charge is 0.383 e. The molecular formula is C15H31N3O2. The van der Waals surface area contributed by atoms with Crippen LogP contribution in [-0.2, 0) is 9.47 Å². The van der Waals surface area contributed by atoms with E-state index in [0.29, 0.717) is 12.6 Å². The first-order chi connectivity index (χ1) is 9.59. The number of nitrogens with zero attached hydrogens (tertiary/aromatic N) is 2. The lowest BCUT2D eigenvalue weighted by atomic mass is 9.92. The van der Waals surface area contributed by atoms with E-state index >= 15 is 0 Å². The summed E-state index contributed by atoms with van der Waals surface area (Å²) in [5.41, 5.74) is -0.391. The summed E-state index contributed by atoms with van der Waals surface area (Å²) >= 11 is 0. The minimum atomic E-state index is -0.391. The number of hydrogen-bond donors (Lipinski definition) is 1. The van der Waals surface area contributed by atoms with Crippen molar-refractivity contribution >= 4 is 0 Å². The third-order valence-corrected chi connectivity index (χ3v) is 3.96. The highest BCUT2D eigenvalue weighted by molar-refractivity contribution is 5.05. The molecule has 0 aromatic rings. The molecule has 0 aliphatic rings. The van der Waals surface area contributed by atoms with Crippen LogP contribution in [0.5, 0.6) is 0 Å². The number of hydrogen-bond acceptors (Lipinski definition) is 5. The summed E-state index contributed by atoms with van der Waals surface area (Å²) in [7, 11) is 5.31. The van der Waals surface area contributed by atoms with Crippen LogP contribution in [-0.4, -0.2) is 64.1 Å². The van der Waals surface area contributed by atoms with Crippen molar-refractivity contribution in [1.29, 1.82) is 5.26 Å². The van der Waals surface area contributed by atoms with Crippen molar-refractivity contribution in [3.63, 3.8) is 0 Å². The summed E-state index contributed by atoms with van der Waals surface area (Å²) in [6.45, 7) is 7.50. The predicted octanol–water partition coefficient (Wildman–Crippen LogP) is 1.64. The van der Waals surface area contributed by atoms with Crippen molar-refractivity contribution in [3.05, 3.63) is 0 Å². The fourth-order valence-electron chi connectivity index (χ4n) is 2.36. The van der Waals surface area contributed by atoms with Crippen molar-refractivity contribution in [2.24, 2.45) is 0 Å². The van der Waals surface area contributed by atoms with E-state index in [2.05, 4.69) is 30.1 Å². The van der Waals surface area contributed by atoms with Gasteiger partial charge in [0.1, 0.15) is 5.54 Å². The lowest BCUT2D eigenvalue weighted by molar-refractivity contribution is 0.0730. The van der Waals surface area contributed by atoms with Gasteiger partial charge in [-0.05, 0) is 39.8 Å². The smallest absolute Gasteiger partial charge is 0.106 e. The van der Waals surface area contributed by atoms with E-state index in [0.717, 1.165) is 39.0 Å². The van der Waals surface area contributed by atoms with Crippen LogP contribution in [0.1, 0.15) is 33.1 Å². The molecule has 0 fully saturated rings. The van der Waals surface area contributed by atoms with Crippen LogP contribution in [0.4, 0.5) is 0 Å². The third kappa shape index (κ3) is 6.67. The number of rotatable bonds is 12. The first kappa shape index (κ1) is 19.3. The van der Waals surface area contributed by atoms with Gasteiger partial charge in [-0.15, -0.1) is 0 Å². The predicted molar refractivity (Wildman–Crippen MR) is 81.7 cm³/mol. The van der Waals surface area contributed by atoms with E-state index in [1.807, 2.05) is 7.05 Å². The highest BCUT2D eigenvalue weighted by Crippen LogP contribution is 2.16. The molecule has 0 aliphatic heterocycles. The number of nitriles is 1. The molecule has 0 rings (SSSR count). The van der Waals surface area contributed by atoms with E-state index in [1.54, 1.807) is 14.2 Å². The van der Waals surface area contributed by atoms with E-state index in [9.17, 15) is 5.26 Å². The van der Waals surface area contributed by atoms with Gasteiger partial charge < -0.3 is 14.8 Å². The lowest BCUT2D eigenvalue weighted by Crippen LogP contribution is -2.43. The SMILES string of the molecule is CCC(C#N)(CCCN(CCOC)C(C)COC)NC. The zero-order valence-corrected chi connectivity index (χ0v) is 13.7. The highest BCUT2D eigenvalue weighted by atomic mass is 16.5. The summed E-state index contributed by atoms with van der Waals surface area (Å²) in [6.07, 6.45) is 2.67. The molecule has 1 N–H and O–H groups in total. The second-order valence-electron chi connectivity index (χ2n) is 5.23. The van der Waals surface area contributed by atoms with Crippen molar-refractivity contribution in [1.82, 2.24) is 10.2 Å². The van der Waals surface area contributed by atoms with E-state index in [-0.39, 0.29) is 0 Å². The van der Waals surface area contributed by atoms with E-state index in [4.69, 9.17) is 9.47 Å². The number of ether oxygens (including phenoxy) is 2. The van der Waals surface area contributed by atoms with Gasteiger partial charge in [-0.2, -0.15) is 5.26 Å².